The van der Waals surface area contributed by atoms with Gasteiger partial charge in [0.1, 0.15) is 12.4 Å². The normalized spacial score (nSPS) is 17.1. The molecule has 1 N–H and O–H groups in total. The highest BCUT2D eigenvalue weighted by Crippen LogP contribution is 2.20. The molecule has 0 atom stereocenters. The van der Waals surface area contributed by atoms with Crippen molar-refractivity contribution in [1.29, 1.82) is 0 Å². The molecule has 0 unspecified atom stereocenters. The SMILES string of the molecule is O=S(=O)(c1cccc(Br)c1)N1CC[NH+](Cc2cccc(F)c2)CC1. The van der Waals surface area contributed by atoms with E-state index in [1.165, 1.54) is 21.3 Å². The molecule has 128 valence electrons. The molecular weight excluding hydrogens is 395 g/mol. The van der Waals surface area contributed by atoms with Gasteiger partial charge in [-0.3, -0.25) is 0 Å². The average Bonchev–Trinajstić information content (AvgIpc) is 2.55. The summed E-state index contributed by atoms with van der Waals surface area (Å²) in [6, 6.07) is 13.4. The van der Waals surface area contributed by atoms with Crippen LogP contribution >= 0.6 is 15.9 Å². The van der Waals surface area contributed by atoms with E-state index in [9.17, 15) is 12.8 Å². The van der Waals surface area contributed by atoms with Crippen LogP contribution in [0.25, 0.3) is 0 Å². The van der Waals surface area contributed by atoms with Crippen molar-refractivity contribution < 1.29 is 17.7 Å². The Kier molecular flexibility index (Phi) is 5.34. The summed E-state index contributed by atoms with van der Waals surface area (Å²) in [5.41, 5.74) is 0.938. The van der Waals surface area contributed by atoms with Crippen LogP contribution in [-0.2, 0) is 16.6 Å². The number of halogens is 2. The van der Waals surface area contributed by atoms with Crippen LogP contribution < -0.4 is 4.90 Å². The number of hydrogen-bond acceptors (Lipinski definition) is 2. The van der Waals surface area contributed by atoms with Crippen LogP contribution in [0, 0.1) is 5.82 Å². The summed E-state index contributed by atoms with van der Waals surface area (Å²) < 4.78 is 40.9. The molecule has 1 heterocycles. The van der Waals surface area contributed by atoms with Crippen LogP contribution in [-0.4, -0.2) is 38.9 Å². The topological polar surface area (TPSA) is 41.8 Å². The summed E-state index contributed by atoms with van der Waals surface area (Å²) in [6.45, 7) is 3.08. The Hall–Kier alpha value is -1.28. The molecule has 2 aromatic carbocycles. The molecule has 4 nitrogen and oxygen atoms in total. The summed E-state index contributed by atoms with van der Waals surface area (Å²) in [6.07, 6.45) is 0. The molecule has 7 heteroatoms. The molecule has 1 aliphatic rings. The van der Waals surface area contributed by atoms with Crippen LogP contribution in [0.2, 0.25) is 0 Å². The number of rotatable bonds is 4. The predicted molar refractivity (Wildman–Crippen MR) is 93.7 cm³/mol. The van der Waals surface area contributed by atoms with Gasteiger partial charge < -0.3 is 4.90 Å². The quantitative estimate of drug-likeness (QED) is 0.828. The maximum atomic E-state index is 13.3. The summed E-state index contributed by atoms with van der Waals surface area (Å²) in [5.74, 6) is -0.234. The zero-order chi connectivity index (χ0) is 17.2. The van der Waals surface area contributed by atoms with Crippen molar-refractivity contribution in [1.82, 2.24) is 4.31 Å². The summed E-state index contributed by atoms with van der Waals surface area (Å²) in [7, 11) is -3.46. The molecule has 0 amide bonds. The van der Waals surface area contributed by atoms with Gasteiger partial charge in [-0.15, -0.1) is 0 Å². The van der Waals surface area contributed by atoms with Crippen molar-refractivity contribution in [3.63, 3.8) is 0 Å². The van der Waals surface area contributed by atoms with Crippen molar-refractivity contribution >= 4 is 26.0 Å². The van der Waals surface area contributed by atoms with Gasteiger partial charge in [-0.05, 0) is 30.3 Å². The minimum absolute atomic E-state index is 0.234. The molecule has 2 aromatic rings. The lowest BCUT2D eigenvalue weighted by Crippen LogP contribution is -3.13. The maximum absolute atomic E-state index is 13.3. The number of benzene rings is 2. The Bertz CT molecular complexity index is 821. The highest BCUT2D eigenvalue weighted by Gasteiger charge is 2.30. The van der Waals surface area contributed by atoms with E-state index in [-0.39, 0.29) is 5.82 Å². The number of hydrogen-bond donors (Lipinski definition) is 1. The molecule has 0 bridgehead atoms. The minimum atomic E-state index is -3.46. The first-order chi connectivity index (χ1) is 11.4. The van der Waals surface area contributed by atoms with Crippen LogP contribution in [0.3, 0.4) is 0 Å². The van der Waals surface area contributed by atoms with E-state index >= 15 is 0 Å². The third kappa shape index (κ3) is 4.03. The van der Waals surface area contributed by atoms with E-state index in [2.05, 4.69) is 15.9 Å². The molecule has 24 heavy (non-hydrogen) atoms. The van der Waals surface area contributed by atoms with Crippen molar-refractivity contribution in [2.45, 2.75) is 11.4 Å². The monoisotopic (exact) mass is 413 g/mol. The molecule has 0 aliphatic carbocycles. The molecule has 0 saturated carbocycles. The Balaban J connectivity index is 1.64. The molecule has 1 saturated heterocycles. The zero-order valence-electron chi connectivity index (χ0n) is 13.1. The molecule has 1 fully saturated rings. The van der Waals surface area contributed by atoms with Crippen molar-refractivity contribution in [2.24, 2.45) is 0 Å². The van der Waals surface area contributed by atoms with Crippen molar-refractivity contribution in [3.05, 3.63) is 64.4 Å². The summed E-state index contributed by atoms with van der Waals surface area (Å²) in [4.78, 5) is 1.58. The second-order valence-corrected chi connectivity index (χ2v) is 8.77. The Morgan fingerprint density at radius 2 is 1.79 bits per heavy atom. The molecule has 3 rings (SSSR count). The number of nitrogens with one attached hydrogen (secondary N) is 1. The van der Waals surface area contributed by atoms with E-state index in [4.69, 9.17) is 0 Å². The van der Waals surface area contributed by atoms with Gasteiger partial charge in [0.2, 0.25) is 10.0 Å². The van der Waals surface area contributed by atoms with Crippen LogP contribution in [0.15, 0.2) is 57.9 Å². The van der Waals surface area contributed by atoms with Gasteiger partial charge in [0, 0.05) is 10.0 Å². The number of piperazine rings is 1. The van der Waals surface area contributed by atoms with Crippen molar-refractivity contribution in [3.8, 4) is 0 Å². The predicted octanol–water partition coefficient (Wildman–Crippen LogP) is 1.68. The molecule has 0 spiro atoms. The largest absolute Gasteiger partial charge is 0.329 e. The van der Waals surface area contributed by atoms with Gasteiger partial charge in [0.05, 0.1) is 31.1 Å². The molecule has 0 aromatic heterocycles. The van der Waals surface area contributed by atoms with E-state index in [0.29, 0.717) is 37.6 Å². The standard InChI is InChI=1S/C17H18BrFN2O2S/c18-15-4-2-6-17(12-15)24(22,23)21-9-7-20(8-10-21)13-14-3-1-5-16(19)11-14/h1-6,11-12H,7-10,13H2/p+1. The van der Waals surface area contributed by atoms with Crippen LogP contribution in [0.5, 0.6) is 0 Å². The zero-order valence-corrected chi connectivity index (χ0v) is 15.5. The fraction of sp³-hybridized carbons (Fsp3) is 0.294. The average molecular weight is 414 g/mol. The number of sulfonamides is 1. The lowest BCUT2D eigenvalue weighted by molar-refractivity contribution is -0.917. The van der Waals surface area contributed by atoms with E-state index in [1.54, 1.807) is 30.3 Å². The Morgan fingerprint density at radius 3 is 2.46 bits per heavy atom. The third-order valence-electron chi connectivity index (χ3n) is 4.21. The Labute approximate surface area is 150 Å². The molecule has 0 radical (unpaired) electrons. The fourth-order valence-corrected chi connectivity index (χ4v) is 4.97. The molecule has 1 aliphatic heterocycles. The highest BCUT2D eigenvalue weighted by atomic mass is 79.9. The first-order valence-corrected chi connectivity index (χ1v) is 10.0. The van der Waals surface area contributed by atoms with Gasteiger partial charge in [0.15, 0.2) is 0 Å². The van der Waals surface area contributed by atoms with Crippen molar-refractivity contribution in [2.75, 3.05) is 26.2 Å². The fourth-order valence-electron chi connectivity index (χ4n) is 2.93. The first kappa shape index (κ1) is 17.5. The van der Waals surface area contributed by atoms with E-state index in [1.807, 2.05) is 6.07 Å². The van der Waals surface area contributed by atoms with Gasteiger partial charge in [-0.1, -0.05) is 34.1 Å². The van der Waals surface area contributed by atoms with Gasteiger partial charge >= 0.3 is 0 Å². The van der Waals surface area contributed by atoms with E-state index in [0.717, 1.165) is 10.0 Å². The lowest BCUT2D eigenvalue weighted by Gasteiger charge is -2.31. The van der Waals surface area contributed by atoms with Crippen LogP contribution in [0.4, 0.5) is 4.39 Å². The number of quaternary nitrogens is 1. The Morgan fingerprint density at radius 1 is 1.08 bits per heavy atom. The van der Waals surface area contributed by atoms with Gasteiger partial charge in [-0.2, -0.15) is 4.31 Å². The lowest BCUT2D eigenvalue weighted by atomic mass is 10.2. The van der Waals surface area contributed by atoms with Crippen LogP contribution in [0.1, 0.15) is 5.56 Å². The minimum Gasteiger partial charge on any atom is -0.329 e. The third-order valence-corrected chi connectivity index (χ3v) is 6.59. The van der Waals surface area contributed by atoms with Gasteiger partial charge in [0.25, 0.3) is 0 Å². The second-order valence-electron chi connectivity index (χ2n) is 5.92. The summed E-state index contributed by atoms with van der Waals surface area (Å²) >= 11 is 3.31. The smallest absolute Gasteiger partial charge is 0.243 e. The molecular formula is C17H19BrFN2O2S+. The second kappa shape index (κ2) is 7.31. The highest BCUT2D eigenvalue weighted by molar-refractivity contribution is 9.10. The first-order valence-electron chi connectivity index (χ1n) is 7.79. The maximum Gasteiger partial charge on any atom is 0.243 e. The summed E-state index contributed by atoms with van der Waals surface area (Å²) in [5, 5.41) is 0. The van der Waals surface area contributed by atoms with Gasteiger partial charge in [-0.25, -0.2) is 12.8 Å². The van der Waals surface area contributed by atoms with E-state index < -0.39 is 10.0 Å². The number of nitrogens with zero attached hydrogens (tertiary/aromatic N) is 1.